The molecule has 14 heavy (non-hydrogen) atoms. The fourth-order valence-electron chi connectivity index (χ4n) is 1.13. The molecule has 3 nitrogen and oxygen atoms in total. The summed E-state index contributed by atoms with van der Waals surface area (Å²) in [5.41, 5.74) is 0. The maximum absolute atomic E-state index is 5.36. The maximum Gasteiger partial charge on any atom is 0.0593 e. The summed E-state index contributed by atoms with van der Waals surface area (Å²) in [6, 6.07) is 0. The average molecular weight is 221 g/mol. The van der Waals surface area contributed by atoms with Crippen LogP contribution in [0.5, 0.6) is 0 Å². The summed E-state index contributed by atoms with van der Waals surface area (Å²) >= 11 is 4.08. The van der Waals surface area contributed by atoms with Crippen LogP contribution in [0.3, 0.4) is 0 Å². The van der Waals surface area contributed by atoms with Gasteiger partial charge in [0, 0.05) is 25.4 Å². The summed E-state index contributed by atoms with van der Waals surface area (Å²) in [4.78, 5) is 2.33. The molecule has 0 aromatic heterocycles. The van der Waals surface area contributed by atoms with Gasteiger partial charge in [-0.2, -0.15) is 12.6 Å². The van der Waals surface area contributed by atoms with Crippen molar-refractivity contribution in [3.8, 4) is 0 Å². The molecule has 0 aromatic rings. The van der Waals surface area contributed by atoms with Gasteiger partial charge in [0.25, 0.3) is 0 Å². The first-order valence-corrected chi connectivity index (χ1v) is 5.97. The zero-order valence-electron chi connectivity index (χ0n) is 9.37. The van der Waals surface area contributed by atoms with Crippen LogP contribution in [-0.4, -0.2) is 56.7 Å². The lowest BCUT2D eigenvalue weighted by Crippen LogP contribution is -2.31. The summed E-state index contributed by atoms with van der Waals surface area (Å²) in [7, 11) is 0. The highest BCUT2D eigenvalue weighted by Gasteiger charge is 2.00. The van der Waals surface area contributed by atoms with E-state index in [1.165, 1.54) is 0 Å². The van der Waals surface area contributed by atoms with Crippen LogP contribution in [0.2, 0.25) is 0 Å². The average Bonchev–Trinajstić information content (AvgIpc) is 2.22. The molecule has 0 bridgehead atoms. The van der Waals surface area contributed by atoms with Gasteiger partial charge >= 0.3 is 0 Å². The van der Waals surface area contributed by atoms with Crippen LogP contribution in [0.25, 0.3) is 0 Å². The highest BCUT2D eigenvalue weighted by atomic mass is 32.1. The Morgan fingerprint density at radius 1 is 1.00 bits per heavy atom. The molecule has 0 radical (unpaired) electrons. The first-order chi connectivity index (χ1) is 6.85. The third kappa shape index (κ3) is 8.81. The Morgan fingerprint density at radius 2 is 1.64 bits per heavy atom. The number of rotatable bonds is 10. The summed E-state index contributed by atoms with van der Waals surface area (Å²) in [5.74, 6) is 0.797. The van der Waals surface area contributed by atoms with Crippen molar-refractivity contribution < 1.29 is 9.47 Å². The van der Waals surface area contributed by atoms with Crippen molar-refractivity contribution in [1.29, 1.82) is 0 Å². The standard InChI is InChI=1S/C10H23NO2S/c1-3-11(5-7-12-4-2)6-8-13-9-10-14/h14H,3-10H2,1-2H3. The molecule has 0 fully saturated rings. The van der Waals surface area contributed by atoms with E-state index in [1.54, 1.807) is 0 Å². The minimum absolute atomic E-state index is 0.742. The van der Waals surface area contributed by atoms with Crippen molar-refractivity contribution >= 4 is 12.6 Å². The minimum Gasteiger partial charge on any atom is -0.380 e. The van der Waals surface area contributed by atoms with Gasteiger partial charge < -0.3 is 9.47 Å². The Labute approximate surface area is 93.2 Å². The number of thiol groups is 1. The van der Waals surface area contributed by atoms with Gasteiger partial charge in [0.15, 0.2) is 0 Å². The van der Waals surface area contributed by atoms with Crippen LogP contribution < -0.4 is 0 Å². The molecule has 0 atom stereocenters. The predicted molar refractivity (Wildman–Crippen MR) is 63.3 cm³/mol. The van der Waals surface area contributed by atoms with Crippen molar-refractivity contribution in [1.82, 2.24) is 4.90 Å². The smallest absolute Gasteiger partial charge is 0.0593 e. The lowest BCUT2D eigenvalue weighted by molar-refractivity contribution is 0.0860. The van der Waals surface area contributed by atoms with Gasteiger partial charge in [0.2, 0.25) is 0 Å². The molecular formula is C10H23NO2S. The number of ether oxygens (including phenoxy) is 2. The van der Waals surface area contributed by atoms with E-state index in [2.05, 4.69) is 24.5 Å². The largest absolute Gasteiger partial charge is 0.380 e. The third-order valence-electron chi connectivity index (χ3n) is 1.99. The third-order valence-corrected chi connectivity index (χ3v) is 2.17. The second-order valence-electron chi connectivity index (χ2n) is 2.97. The van der Waals surface area contributed by atoms with E-state index in [-0.39, 0.29) is 0 Å². The molecule has 0 saturated carbocycles. The molecule has 86 valence electrons. The Kier molecular flexibility index (Phi) is 11.5. The van der Waals surface area contributed by atoms with Crippen LogP contribution in [0, 0.1) is 0 Å². The van der Waals surface area contributed by atoms with Crippen LogP contribution in [0.1, 0.15) is 13.8 Å². The van der Waals surface area contributed by atoms with E-state index in [9.17, 15) is 0 Å². The summed E-state index contributed by atoms with van der Waals surface area (Å²) in [6.07, 6.45) is 0. The van der Waals surface area contributed by atoms with Crippen molar-refractivity contribution in [2.75, 3.05) is 51.8 Å². The quantitative estimate of drug-likeness (QED) is 0.444. The summed E-state index contributed by atoms with van der Waals surface area (Å²) < 4.78 is 10.7. The van der Waals surface area contributed by atoms with Gasteiger partial charge in [0.1, 0.15) is 0 Å². The lowest BCUT2D eigenvalue weighted by Gasteiger charge is -2.19. The molecule has 0 N–H and O–H groups in total. The normalized spacial score (nSPS) is 11.1. The van der Waals surface area contributed by atoms with Gasteiger partial charge in [-0.05, 0) is 13.5 Å². The zero-order chi connectivity index (χ0) is 10.6. The highest BCUT2D eigenvalue weighted by Crippen LogP contribution is 1.89. The molecule has 4 heteroatoms. The molecule has 0 heterocycles. The molecule has 0 aliphatic carbocycles. The molecule has 0 saturated heterocycles. The maximum atomic E-state index is 5.36. The minimum atomic E-state index is 0.742. The Bertz CT molecular complexity index is 114. The van der Waals surface area contributed by atoms with E-state index in [1.807, 2.05) is 6.92 Å². The van der Waals surface area contributed by atoms with E-state index in [0.29, 0.717) is 0 Å². The summed E-state index contributed by atoms with van der Waals surface area (Å²) in [6.45, 7) is 10.4. The molecule has 0 aliphatic rings. The second-order valence-corrected chi connectivity index (χ2v) is 3.41. The van der Waals surface area contributed by atoms with Crippen molar-refractivity contribution in [2.24, 2.45) is 0 Å². The van der Waals surface area contributed by atoms with E-state index in [4.69, 9.17) is 9.47 Å². The number of hydrogen-bond acceptors (Lipinski definition) is 4. The first kappa shape index (κ1) is 14.2. The summed E-state index contributed by atoms with van der Waals surface area (Å²) in [5, 5.41) is 0. The monoisotopic (exact) mass is 221 g/mol. The van der Waals surface area contributed by atoms with Crippen LogP contribution >= 0.6 is 12.6 Å². The second kappa shape index (κ2) is 11.3. The fourth-order valence-corrected chi connectivity index (χ4v) is 1.26. The van der Waals surface area contributed by atoms with Crippen molar-refractivity contribution in [3.05, 3.63) is 0 Å². The van der Waals surface area contributed by atoms with E-state index >= 15 is 0 Å². The Hall–Kier alpha value is 0.230. The van der Waals surface area contributed by atoms with Crippen molar-refractivity contribution in [2.45, 2.75) is 13.8 Å². The molecule has 0 rings (SSSR count). The predicted octanol–water partition coefficient (Wildman–Crippen LogP) is 1.29. The lowest BCUT2D eigenvalue weighted by atomic mass is 10.5. The topological polar surface area (TPSA) is 21.7 Å². The molecular weight excluding hydrogens is 198 g/mol. The molecule has 0 aromatic carbocycles. The van der Waals surface area contributed by atoms with Gasteiger partial charge in [-0.1, -0.05) is 6.92 Å². The SMILES string of the molecule is CCOCCN(CC)CCOCCS. The Balaban J connectivity index is 3.28. The van der Waals surface area contributed by atoms with E-state index in [0.717, 1.165) is 51.8 Å². The molecule has 0 amide bonds. The Morgan fingerprint density at radius 3 is 2.14 bits per heavy atom. The number of hydrogen-bond donors (Lipinski definition) is 1. The van der Waals surface area contributed by atoms with Crippen LogP contribution in [0.4, 0.5) is 0 Å². The molecule has 0 unspecified atom stereocenters. The van der Waals surface area contributed by atoms with E-state index < -0.39 is 0 Å². The van der Waals surface area contributed by atoms with Gasteiger partial charge in [-0.15, -0.1) is 0 Å². The molecule has 0 spiro atoms. The van der Waals surface area contributed by atoms with Crippen LogP contribution in [-0.2, 0) is 9.47 Å². The fraction of sp³-hybridized carbons (Fsp3) is 1.00. The number of likely N-dealkylation sites (N-methyl/N-ethyl adjacent to an activating group) is 1. The van der Waals surface area contributed by atoms with Crippen molar-refractivity contribution in [3.63, 3.8) is 0 Å². The number of nitrogens with zero attached hydrogens (tertiary/aromatic N) is 1. The van der Waals surface area contributed by atoms with Gasteiger partial charge in [0.05, 0.1) is 19.8 Å². The molecule has 0 aliphatic heterocycles. The van der Waals surface area contributed by atoms with Gasteiger partial charge in [-0.25, -0.2) is 0 Å². The van der Waals surface area contributed by atoms with Crippen LogP contribution in [0.15, 0.2) is 0 Å². The van der Waals surface area contributed by atoms with Gasteiger partial charge in [-0.3, -0.25) is 4.90 Å². The highest BCUT2D eigenvalue weighted by molar-refractivity contribution is 7.80. The first-order valence-electron chi connectivity index (χ1n) is 5.33. The zero-order valence-corrected chi connectivity index (χ0v) is 10.3.